The standard InChI is InChI=1S/C11H11BrClN3O/c1-16-3-2-8(15-16)6-17-11-9(12)4-7(13)5-10(11)14/h2-5H,6,14H2,1H3. The van der Waals surface area contributed by atoms with Gasteiger partial charge < -0.3 is 10.5 Å². The number of halogens is 2. The van der Waals surface area contributed by atoms with Gasteiger partial charge in [0.25, 0.3) is 0 Å². The lowest BCUT2D eigenvalue weighted by molar-refractivity contribution is 0.300. The topological polar surface area (TPSA) is 53.1 Å². The van der Waals surface area contributed by atoms with E-state index in [2.05, 4.69) is 21.0 Å². The molecule has 1 heterocycles. The summed E-state index contributed by atoms with van der Waals surface area (Å²) in [5.74, 6) is 0.583. The molecular weight excluding hydrogens is 305 g/mol. The molecule has 0 aliphatic rings. The molecule has 0 aliphatic heterocycles. The van der Waals surface area contributed by atoms with Crippen molar-refractivity contribution in [2.45, 2.75) is 6.61 Å². The van der Waals surface area contributed by atoms with Gasteiger partial charge in [0.1, 0.15) is 6.61 Å². The third-order valence-electron chi connectivity index (χ3n) is 2.17. The number of anilines is 1. The molecule has 17 heavy (non-hydrogen) atoms. The van der Waals surface area contributed by atoms with Crippen LogP contribution in [0.15, 0.2) is 28.9 Å². The fraction of sp³-hybridized carbons (Fsp3) is 0.182. The molecule has 0 atom stereocenters. The van der Waals surface area contributed by atoms with Crippen LogP contribution in [0.3, 0.4) is 0 Å². The first kappa shape index (κ1) is 12.3. The van der Waals surface area contributed by atoms with E-state index in [4.69, 9.17) is 22.1 Å². The summed E-state index contributed by atoms with van der Waals surface area (Å²) in [6.07, 6.45) is 1.86. The number of hydrogen-bond acceptors (Lipinski definition) is 3. The lowest BCUT2D eigenvalue weighted by Crippen LogP contribution is -2.01. The quantitative estimate of drug-likeness (QED) is 0.886. The maximum absolute atomic E-state index is 5.86. The van der Waals surface area contributed by atoms with Crippen molar-refractivity contribution in [3.05, 3.63) is 39.6 Å². The minimum absolute atomic E-state index is 0.366. The van der Waals surface area contributed by atoms with E-state index in [0.29, 0.717) is 23.1 Å². The predicted molar refractivity (Wildman–Crippen MR) is 71.1 cm³/mol. The molecule has 0 aliphatic carbocycles. The van der Waals surface area contributed by atoms with Crippen molar-refractivity contribution in [1.29, 1.82) is 0 Å². The summed E-state index contributed by atoms with van der Waals surface area (Å²) in [7, 11) is 1.86. The van der Waals surface area contributed by atoms with Crippen LogP contribution in [0.25, 0.3) is 0 Å². The van der Waals surface area contributed by atoms with Gasteiger partial charge in [0.2, 0.25) is 0 Å². The first-order valence-corrected chi connectivity index (χ1v) is 6.09. The van der Waals surface area contributed by atoms with E-state index in [1.807, 2.05) is 19.3 Å². The Morgan fingerprint density at radius 3 is 2.88 bits per heavy atom. The van der Waals surface area contributed by atoms with E-state index in [9.17, 15) is 0 Å². The Bertz CT molecular complexity index is 518. The van der Waals surface area contributed by atoms with Gasteiger partial charge in [-0.3, -0.25) is 4.68 Å². The van der Waals surface area contributed by atoms with E-state index in [1.54, 1.807) is 16.8 Å². The highest BCUT2D eigenvalue weighted by Gasteiger charge is 2.08. The summed E-state index contributed by atoms with van der Waals surface area (Å²) in [6, 6.07) is 5.28. The van der Waals surface area contributed by atoms with Gasteiger partial charge in [-0.05, 0) is 34.1 Å². The summed E-state index contributed by atoms with van der Waals surface area (Å²) in [5, 5.41) is 4.78. The average Bonchev–Trinajstić information content (AvgIpc) is 2.62. The lowest BCUT2D eigenvalue weighted by Gasteiger charge is -2.10. The van der Waals surface area contributed by atoms with Crippen molar-refractivity contribution in [3.8, 4) is 5.75 Å². The van der Waals surface area contributed by atoms with Crippen molar-refractivity contribution in [2.24, 2.45) is 7.05 Å². The summed E-state index contributed by atoms with van der Waals surface area (Å²) in [5.41, 5.74) is 7.17. The molecule has 90 valence electrons. The normalized spacial score (nSPS) is 10.5. The number of aromatic nitrogens is 2. The molecule has 0 fully saturated rings. The number of nitrogen functional groups attached to an aromatic ring is 1. The third-order valence-corrected chi connectivity index (χ3v) is 2.98. The zero-order valence-electron chi connectivity index (χ0n) is 9.15. The highest BCUT2D eigenvalue weighted by Crippen LogP contribution is 2.34. The van der Waals surface area contributed by atoms with Crippen molar-refractivity contribution < 1.29 is 4.74 Å². The molecule has 0 saturated carbocycles. The molecule has 4 nitrogen and oxygen atoms in total. The summed E-state index contributed by atoms with van der Waals surface area (Å²) in [6.45, 7) is 0.366. The van der Waals surface area contributed by atoms with E-state index in [1.165, 1.54) is 0 Å². The number of nitrogens with two attached hydrogens (primary N) is 1. The Kier molecular flexibility index (Phi) is 3.59. The van der Waals surface area contributed by atoms with Crippen LogP contribution >= 0.6 is 27.5 Å². The van der Waals surface area contributed by atoms with Crippen molar-refractivity contribution >= 4 is 33.2 Å². The molecule has 6 heteroatoms. The predicted octanol–water partition coefficient (Wildman–Crippen LogP) is 3.00. The Balaban J connectivity index is 2.14. The van der Waals surface area contributed by atoms with Crippen molar-refractivity contribution in [1.82, 2.24) is 9.78 Å². The Morgan fingerprint density at radius 1 is 1.53 bits per heavy atom. The molecule has 0 bridgehead atoms. The summed E-state index contributed by atoms with van der Waals surface area (Å²) < 4.78 is 8.07. The SMILES string of the molecule is Cn1ccc(COc2c(N)cc(Cl)cc2Br)n1. The van der Waals surface area contributed by atoms with Gasteiger partial charge in [-0.2, -0.15) is 5.10 Å². The molecule has 0 saturated heterocycles. The largest absolute Gasteiger partial charge is 0.484 e. The van der Waals surface area contributed by atoms with E-state index < -0.39 is 0 Å². The van der Waals surface area contributed by atoms with Crippen LogP contribution in [0.5, 0.6) is 5.75 Å². The number of benzene rings is 1. The van der Waals surface area contributed by atoms with Crippen LogP contribution in [0.2, 0.25) is 5.02 Å². The van der Waals surface area contributed by atoms with Gasteiger partial charge in [0.15, 0.2) is 5.75 Å². The Morgan fingerprint density at radius 2 is 2.29 bits per heavy atom. The summed E-state index contributed by atoms with van der Waals surface area (Å²) >= 11 is 9.22. The number of hydrogen-bond donors (Lipinski definition) is 1. The van der Waals surface area contributed by atoms with Crippen molar-refractivity contribution in [2.75, 3.05) is 5.73 Å². The van der Waals surface area contributed by atoms with Crippen LogP contribution < -0.4 is 10.5 Å². The van der Waals surface area contributed by atoms with Crippen LogP contribution in [-0.2, 0) is 13.7 Å². The van der Waals surface area contributed by atoms with Crippen LogP contribution in [0.4, 0.5) is 5.69 Å². The van der Waals surface area contributed by atoms with Crippen LogP contribution in [0.1, 0.15) is 5.69 Å². The summed E-state index contributed by atoms with van der Waals surface area (Å²) in [4.78, 5) is 0. The maximum Gasteiger partial charge on any atom is 0.157 e. The van der Waals surface area contributed by atoms with E-state index in [-0.39, 0.29) is 0 Å². The second-order valence-electron chi connectivity index (χ2n) is 3.58. The zero-order chi connectivity index (χ0) is 12.4. The Labute approximate surface area is 112 Å². The molecule has 1 aromatic heterocycles. The van der Waals surface area contributed by atoms with Gasteiger partial charge in [-0.1, -0.05) is 11.6 Å². The highest BCUT2D eigenvalue weighted by atomic mass is 79.9. The first-order valence-electron chi connectivity index (χ1n) is 4.92. The second-order valence-corrected chi connectivity index (χ2v) is 4.87. The smallest absolute Gasteiger partial charge is 0.157 e. The molecule has 1 aromatic carbocycles. The fourth-order valence-electron chi connectivity index (χ4n) is 1.42. The fourth-order valence-corrected chi connectivity index (χ4v) is 2.37. The minimum atomic E-state index is 0.366. The molecule has 2 N–H and O–H groups in total. The molecule has 2 rings (SSSR count). The van der Waals surface area contributed by atoms with Crippen molar-refractivity contribution in [3.63, 3.8) is 0 Å². The monoisotopic (exact) mass is 315 g/mol. The Hall–Kier alpha value is -1.20. The van der Waals surface area contributed by atoms with Gasteiger partial charge in [-0.25, -0.2) is 0 Å². The molecule has 2 aromatic rings. The van der Waals surface area contributed by atoms with Crippen LogP contribution in [-0.4, -0.2) is 9.78 Å². The molecule has 0 radical (unpaired) electrons. The number of aryl methyl sites for hydroxylation is 1. The number of nitrogens with zero attached hydrogens (tertiary/aromatic N) is 2. The number of ether oxygens (including phenoxy) is 1. The van der Waals surface area contributed by atoms with Gasteiger partial charge in [0, 0.05) is 18.3 Å². The molecule has 0 amide bonds. The highest BCUT2D eigenvalue weighted by molar-refractivity contribution is 9.10. The molecule has 0 unspecified atom stereocenters. The lowest BCUT2D eigenvalue weighted by atomic mass is 10.3. The van der Waals surface area contributed by atoms with Gasteiger partial charge in [0.05, 0.1) is 15.9 Å². The third kappa shape index (κ3) is 2.92. The maximum atomic E-state index is 5.86. The number of rotatable bonds is 3. The van der Waals surface area contributed by atoms with E-state index in [0.717, 1.165) is 10.2 Å². The minimum Gasteiger partial charge on any atom is -0.484 e. The average molecular weight is 317 g/mol. The van der Waals surface area contributed by atoms with Gasteiger partial charge >= 0.3 is 0 Å². The molecular formula is C11H11BrClN3O. The van der Waals surface area contributed by atoms with Gasteiger partial charge in [-0.15, -0.1) is 0 Å². The first-order chi connectivity index (χ1) is 8.06. The molecule has 0 spiro atoms. The zero-order valence-corrected chi connectivity index (χ0v) is 11.5. The second kappa shape index (κ2) is 4.98. The van der Waals surface area contributed by atoms with E-state index >= 15 is 0 Å². The van der Waals surface area contributed by atoms with Crippen LogP contribution in [0, 0.1) is 0 Å².